The fourth-order valence-corrected chi connectivity index (χ4v) is 4.63. The lowest BCUT2D eigenvalue weighted by atomic mass is 10.0. The Bertz CT molecular complexity index is 555. The molecule has 1 aliphatic carbocycles. The second-order valence-electron chi connectivity index (χ2n) is 5.82. The second kappa shape index (κ2) is 6.14. The quantitative estimate of drug-likeness (QED) is 0.798. The Hall–Kier alpha value is -1.17. The summed E-state index contributed by atoms with van der Waals surface area (Å²) in [7, 11) is 0. The molecule has 3 rings (SSSR count). The van der Waals surface area contributed by atoms with Crippen LogP contribution in [-0.2, 0) is 11.0 Å². The van der Waals surface area contributed by atoms with Crippen LogP contribution in [0.2, 0.25) is 0 Å². The van der Waals surface area contributed by atoms with Gasteiger partial charge < -0.3 is 4.90 Å². The van der Waals surface area contributed by atoms with Crippen LogP contribution in [0.3, 0.4) is 0 Å². The normalized spacial score (nSPS) is 23.2. The van der Waals surface area contributed by atoms with Crippen LogP contribution >= 0.6 is 11.8 Å². The van der Waals surface area contributed by atoms with Crippen molar-refractivity contribution in [1.82, 2.24) is 4.90 Å². The number of hydrogen-bond donors (Lipinski definition) is 0. The van der Waals surface area contributed by atoms with E-state index >= 15 is 0 Å². The third-order valence-electron chi connectivity index (χ3n) is 4.41. The first-order chi connectivity index (χ1) is 10.5. The molecule has 1 heterocycles. The molecule has 0 aromatic heterocycles. The first-order valence-corrected chi connectivity index (χ1v) is 8.61. The van der Waals surface area contributed by atoms with Crippen molar-refractivity contribution in [3.63, 3.8) is 0 Å². The number of thioether (sulfide) groups is 1. The van der Waals surface area contributed by atoms with E-state index in [1.165, 1.54) is 23.9 Å². The van der Waals surface area contributed by atoms with Crippen molar-refractivity contribution in [1.29, 1.82) is 0 Å². The van der Waals surface area contributed by atoms with Crippen molar-refractivity contribution >= 4 is 17.7 Å². The summed E-state index contributed by atoms with van der Waals surface area (Å²) < 4.78 is 39.7. The van der Waals surface area contributed by atoms with Crippen molar-refractivity contribution in [3.8, 4) is 0 Å². The number of carbonyl (C=O) groups excluding carboxylic acids is 1. The summed E-state index contributed by atoms with van der Waals surface area (Å²) in [6, 6.07) is 5.62. The van der Waals surface area contributed by atoms with E-state index in [1.54, 1.807) is 11.0 Å². The Kier molecular flexibility index (Phi) is 4.39. The highest BCUT2D eigenvalue weighted by atomic mass is 32.2. The topological polar surface area (TPSA) is 20.3 Å². The lowest BCUT2D eigenvalue weighted by Gasteiger charge is -2.28. The van der Waals surface area contributed by atoms with E-state index in [0.29, 0.717) is 12.3 Å². The van der Waals surface area contributed by atoms with Crippen LogP contribution in [0.4, 0.5) is 13.2 Å². The van der Waals surface area contributed by atoms with E-state index in [-0.39, 0.29) is 17.4 Å². The van der Waals surface area contributed by atoms with Crippen molar-refractivity contribution in [2.24, 2.45) is 5.92 Å². The minimum Gasteiger partial charge on any atom is -0.325 e. The number of halogens is 3. The van der Waals surface area contributed by atoms with Crippen molar-refractivity contribution in [3.05, 3.63) is 35.4 Å². The molecule has 0 unspecified atom stereocenters. The monoisotopic (exact) mass is 329 g/mol. The highest BCUT2D eigenvalue weighted by Gasteiger charge is 2.40. The van der Waals surface area contributed by atoms with E-state index in [4.69, 9.17) is 0 Å². The van der Waals surface area contributed by atoms with Gasteiger partial charge in [0.25, 0.3) is 0 Å². The van der Waals surface area contributed by atoms with Gasteiger partial charge in [-0.1, -0.05) is 31.0 Å². The Morgan fingerprint density at radius 2 is 1.86 bits per heavy atom. The van der Waals surface area contributed by atoms with E-state index < -0.39 is 17.1 Å². The molecule has 2 fully saturated rings. The Morgan fingerprint density at radius 1 is 1.18 bits per heavy atom. The zero-order valence-electron chi connectivity index (χ0n) is 12.1. The predicted octanol–water partition coefficient (Wildman–Crippen LogP) is 4.47. The van der Waals surface area contributed by atoms with Crippen LogP contribution in [0, 0.1) is 5.92 Å². The molecule has 0 radical (unpaired) electrons. The summed E-state index contributed by atoms with van der Waals surface area (Å²) in [5.41, 5.74) is -0.414. The van der Waals surface area contributed by atoms with Crippen LogP contribution in [0.5, 0.6) is 0 Å². The molecule has 1 aromatic carbocycles. The number of benzene rings is 1. The molecule has 1 saturated carbocycles. The van der Waals surface area contributed by atoms with Crippen LogP contribution in [0.15, 0.2) is 24.3 Å². The molecule has 6 heteroatoms. The summed E-state index contributed by atoms with van der Waals surface area (Å²) >= 11 is 1.43. The summed E-state index contributed by atoms with van der Waals surface area (Å²) in [5, 5.41) is -0.508. The summed E-state index contributed by atoms with van der Waals surface area (Å²) in [4.78, 5) is 14.3. The van der Waals surface area contributed by atoms with Gasteiger partial charge in [0.2, 0.25) is 5.91 Å². The first-order valence-electron chi connectivity index (χ1n) is 7.56. The van der Waals surface area contributed by atoms with Gasteiger partial charge in [0.15, 0.2) is 0 Å². The van der Waals surface area contributed by atoms with Crippen LogP contribution in [-0.4, -0.2) is 23.1 Å². The third-order valence-corrected chi connectivity index (χ3v) is 5.65. The van der Waals surface area contributed by atoms with E-state index in [1.807, 2.05) is 0 Å². The fourth-order valence-electron chi connectivity index (χ4n) is 3.33. The average Bonchev–Trinajstić information content (AvgIpc) is 3.17. The first kappa shape index (κ1) is 15.7. The van der Waals surface area contributed by atoms with Gasteiger partial charge in [-0.15, -0.1) is 11.8 Å². The Balaban J connectivity index is 1.89. The van der Waals surface area contributed by atoms with E-state index in [2.05, 4.69) is 0 Å². The molecule has 1 aliphatic heterocycles. The summed E-state index contributed by atoms with van der Waals surface area (Å²) in [6.45, 7) is 0.539. The molecule has 2 aliphatic rings. The van der Waals surface area contributed by atoms with Crippen LogP contribution in [0.1, 0.15) is 42.2 Å². The minimum absolute atomic E-state index is 0.000695. The van der Waals surface area contributed by atoms with Crippen molar-refractivity contribution < 1.29 is 18.0 Å². The van der Waals surface area contributed by atoms with Gasteiger partial charge in [0.05, 0.1) is 5.56 Å². The van der Waals surface area contributed by atoms with Gasteiger partial charge in [-0.3, -0.25) is 4.79 Å². The lowest BCUT2D eigenvalue weighted by molar-refractivity contribution is -0.140. The molecular formula is C16H18F3NOS. The smallest absolute Gasteiger partial charge is 0.325 e. The molecule has 2 nitrogen and oxygen atoms in total. The minimum atomic E-state index is -4.39. The molecule has 120 valence electrons. The number of amides is 1. The Labute approximate surface area is 132 Å². The van der Waals surface area contributed by atoms with Crippen LogP contribution in [0.25, 0.3) is 0 Å². The number of rotatable bonds is 2. The highest BCUT2D eigenvalue weighted by Crippen LogP contribution is 2.45. The average molecular weight is 329 g/mol. The molecule has 0 N–H and O–H groups in total. The van der Waals surface area contributed by atoms with Crippen molar-refractivity contribution in [2.75, 3.05) is 12.3 Å². The summed E-state index contributed by atoms with van der Waals surface area (Å²) in [5.74, 6) is 0.721. The van der Waals surface area contributed by atoms with Gasteiger partial charge in [0.1, 0.15) is 5.37 Å². The zero-order valence-corrected chi connectivity index (χ0v) is 12.9. The van der Waals surface area contributed by atoms with Crippen LogP contribution < -0.4 is 0 Å². The number of nitrogens with zero attached hydrogens (tertiary/aromatic N) is 1. The van der Waals surface area contributed by atoms with Gasteiger partial charge in [-0.2, -0.15) is 13.2 Å². The van der Waals surface area contributed by atoms with E-state index in [9.17, 15) is 18.0 Å². The molecule has 1 saturated heterocycles. The van der Waals surface area contributed by atoms with Gasteiger partial charge in [0, 0.05) is 18.2 Å². The SMILES string of the molecule is O=C(C1CCCC1)N1CCS[C@H]1c1ccccc1C(F)(F)F. The van der Waals surface area contributed by atoms with Gasteiger partial charge in [-0.25, -0.2) is 0 Å². The molecule has 0 spiro atoms. The predicted molar refractivity (Wildman–Crippen MR) is 80.3 cm³/mol. The maximum Gasteiger partial charge on any atom is 0.416 e. The number of alkyl halides is 3. The standard InChI is InChI=1S/C16H18F3NOS/c17-16(18,19)13-8-4-3-7-12(13)15-20(9-10-22-15)14(21)11-5-1-2-6-11/h3-4,7-8,11,15H,1-2,5-6,9-10H2/t15-/m0/s1. The molecule has 1 amide bonds. The van der Waals surface area contributed by atoms with Crippen molar-refractivity contribution in [2.45, 2.75) is 37.2 Å². The molecular weight excluding hydrogens is 311 g/mol. The van der Waals surface area contributed by atoms with E-state index in [0.717, 1.165) is 31.7 Å². The molecule has 1 atom stereocenters. The second-order valence-corrected chi connectivity index (χ2v) is 7.01. The Morgan fingerprint density at radius 3 is 2.55 bits per heavy atom. The highest BCUT2D eigenvalue weighted by molar-refractivity contribution is 7.99. The molecule has 1 aromatic rings. The maximum atomic E-state index is 13.2. The zero-order chi connectivity index (χ0) is 15.7. The third kappa shape index (κ3) is 2.98. The fraction of sp³-hybridized carbons (Fsp3) is 0.562. The maximum absolute atomic E-state index is 13.2. The van der Waals surface area contributed by atoms with Gasteiger partial charge in [-0.05, 0) is 24.5 Å². The number of hydrogen-bond acceptors (Lipinski definition) is 2. The summed E-state index contributed by atoms with van der Waals surface area (Å²) in [6.07, 6.45) is -0.564. The molecule has 0 bridgehead atoms. The molecule has 22 heavy (non-hydrogen) atoms. The van der Waals surface area contributed by atoms with Gasteiger partial charge >= 0.3 is 6.18 Å². The lowest BCUT2D eigenvalue weighted by Crippen LogP contribution is -2.35. The number of carbonyl (C=O) groups is 1. The largest absolute Gasteiger partial charge is 0.416 e.